The second-order valence-corrected chi connectivity index (χ2v) is 5.13. The zero-order valence-corrected chi connectivity index (χ0v) is 11.0. The van der Waals surface area contributed by atoms with E-state index in [0.717, 1.165) is 36.2 Å². The van der Waals surface area contributed by atoms with Crippen LogP contribution < -0.4 is 5.32 Å². The molecule has 0 saturated carbocycles. The SMILES string of the molecule is Oc1ccc2[nH]nc(NCCCN3CCCC3)c2c1. The Morgan fingerprint density at radius 1 is 1.32 bits per heavy atom. The molecule has 0 bridgehead atoms. The average molecular weight is 260 g/mol. The van der Waals surface area contributed by atoms with E-state index in [2.05, 4.69) is 20.4 Å². The third-order valence-electron chi connectivity index (χ3n) is 3.69. The predicted molar refractivity (Wildman–Crippen MR) is 76.5 cm³/mol. The Balaban J connectivity index is 1.54. The highest BCUT2D eigenvalue weighted by Gasteiger charge is 2.10. The Labute approximate surface area is 112 Å². The third kappa shape index (κ3) is 2.81. The number of aromatic nitrogens is 2. The molecule has 1 aromatic carbocycles. The van der Waals surface area contributed by atoms with Crippen molar-refractivity contribution in [3.05, 3.63) is 18.2 Å². The van der Waals surface area contributed by atoms with Crippen LogP contribution in [-0.2, 0) is 0 Å². The number of aromatic amines is 1. The molecule has 19 heavy (non-hydrogen) atoms. The number of rotatable bonds is 5. The standard InChI is InChI=1S/C14H20N4O/c19-11-4-5-13-12(10-11)14(17-16-13)15-6-3-9-18-7-1-2-8-18/h4-5,10,19H,1-3,6-9H2,(H2,15,16,17). The molecule has 0 radical (unpaired) electrons. The maximum absolute atomic E-state index is 9.51. The lowest BCUT2D eigenvalue weighted by molar-refractivity contribution is 0.337. The van der Waals surface area contributed by atoms with Gasteiger partial charge in [-0.3, -0.25) is 5.10 Å². The molecule has 0 aliphatic carbocycles. The van der Waals surface area contributed by atoms with Crippen LogP contribution in [0.15, 0.2) is 18.2 Å². The Morgan fingerprint density at radius 3 is 3.00 bits per heavy atom. The maximum Gasteiger partial charge on any atom is 0.155 e. The second kappa shape index (κ2) is 5.48. The van der Waals surface area contributed by atoms with Gasteiger partial charge in [0.25, 0.3) is 0 Å². The van der Waals surface area contributed by atoms with Crippen LogP contribution in [0.4, 0.5) is 5.82 Å². The fraction of sp³-hybridized carbons (Fsp3) is 0.500. The van der Waals surface area contributed by atoms with Crippen LogP contribution in [0.25, 0.3) is 10.9 Å². The number of phenolic OH excluding ortho intramolecular Hbond substituents is 1. The van der Waals surface area contributed by atoms with Gasteiger partial charge in [0.1, 0.15) is 5.75 Å². The summed E-state index contributed by atoms with van der Waals surface area (Å²) in [6, 6.07) is 5.24. The molecule has 1 aliphatic heterocycles. The topological polar surface area (TPSA) is 64.2 Å². The lowest BCUT2D eigenvalue weighted by Gasteiger charge is -2.14. The molecule has 0 atom stereocenters. The van der Waals surface area contributed by atoms with Crippen LogP contribution in [0.1, 0.15) is 19.3 Å². The molecule has 1 fully saturated rings. The molecule has 3 rings (SSSR count). The molecule has 1 saturated heterocycles. The molecule has 1 aromatic heterocycles. The first kappa shape index (κ1) is 12.3. The van der Waals surface area contributed by atoms with Gasteiger partial charge in [-0.15, -0.1) is 0 Å². The molecule has 5 heteroatoms. The minimum absolute atomic E-state index is 0.272. The van der Waals surface area contributed by atoms with E-state index in [1.807, 2.05) is 6.07 Å². The highest BCUT2D eigenvalue weighted by atomic mass is 16.3. The summed E-state index contributed by atoms with van der Waals surface area (Å²) in [5.74, 6) is 1.10. The lowest BCUT2D eigenvalue weighted by atomic mass is 10.2. The maximum atomic E-state index is 9.51. The molecular weight excluding hydrogens is 240 g/mol. The minimum atomic E-state index is 0.272. The smallest absolute Gasteiger partial charge is 0.155 e. The molecule has 5 nitrogen and oxygen atoms in total. The Hall–Kier alpha value is -1.75. The van der Waals surface area contributed by atoms with Gasteiger partial charge in [-0.1, -0.05) is 0 Å². The molecule has 2 aromatic rings. The minimum Gasteiger partial charge on any atom is -0.508 e. The summed E-state index contributed by atoms with van der Waals surface area (Å²) in [6.07, 6.45) is 3.81. The molecule has 0 unspecified atom stereocenters. The Kier molecular flexibility index (Phi) is 3.55. The summed E-state index contributed by atoms with van der Waals surface area (Å²) in [4.78, 5) is 2.51. The number of likely N-dealkylation sites (tertiary alicyclic amines) is 1. The van der Waals surface area contributed by atoms with Gasteiger partial charge < -0.3 is 15.3 Å². The first-order chi connectivity index (χ1) is 9.33. The predicted octanol–water partition coefficient (Wildman–Crippen LogP) is 2.17. The number of benzene rings is 1. The summed E-state index contributed by atoms with van der Waals surface area (Å²) in [7, 11) is 0. The first-order valence-electron chi connectivity index (χ1n) is 6.96. The summed E-state index contributed by atoms with van der Waals surface area (Å²) in [5, 5.41) is 21.0. The van der Waals surface area contributed by atoms with Gasteiger partial charge in [0, 0.05) is 11.9 Å². The van der Waals surface area contributed by atoms with Crippen molar-refractivity contribution in [1.29, 1.82) is 0 Å². The molecule has 1 aliphatic rings. The van der Waals surface area contributed by atoms with Crippen molar-refractivity contribution in [2.45, 2.75) is 19.3 Å². The van der Waals surface area contributed by atoms with Crippen molar-refractivity contribution in [2.24, 2.45) is 0 Å². The number of aromatic hydroxyl groups is 1. The van der Waals surface area contributed by atoms with Gasteiger partial charge in [-0.05, 0) is 57.1 Å². The van der Waals surface area contributed by atoms with E-state index in [1.54, 1.807) is 12.1 Å². The van der Waals surface area contributed by atoms with Crippen LogP contribution >= 0.6 is 0 Å². The Bertz CT molecular complexity index is 545. The quantitative estimate of drug-likeness (QED) is 0.721. The van der Waals surface area contributed by atoms with Crippen molar-refractivity contribution in [3.63, 3.8) is 0 Å². The zero-order valence-electron chi connectivity index (χ0n) is 11.0. The molecule has 102 valence electrons. The van der Waals surface area contributed by atoms with E-state index in [4.69, 9.17) is 0 Å². The van der Waals surface area contributed by atoms with Gasteiger partial charge in [0.15, 0.2) is 5.82 Å². The molecule has 0 spiro atoms. The monoisotopic (exact) mass is 260 g/mol. The number of fused-ring (bicyclic) bond motifs is 1. The Morgan fingerprint density at radius 2 is 2.16 bits per heavy atom. The zero-order chi connectivity index (χ0) is 13.1. The number of nitrogens with one attached hydrogen (secondary N) is 2. The van der Waals surface area contributed by atoms with Crippen LogP contribution in [0, 0.1) is 0 Å². The van der Waals surface area contributed by atoms with Gasteiger partial charge in [0.05, 0.1) is 5.52 Å². The largest absolute Gasteiger partial charge is 0.508 e. The molecule has 0 amide bonds. The fourth-order valence-electron chi connectivity index (χ4n) is 2.65. The average Bonchev–Trinajstić information content (AvgIpc) is 3.04. The van der Waals surface area contributed by atoms with Gasteiger partial charge in [-0.2, -0.15) is 5.10 Å². The third-order valence-corrected chi connectivity index (χ3v) is 3.69. The van der Waals surface area contributed by atoms with E-state index in [-0.39, 0.29) is 5.75 Å². The number of phenols is 1. The fourth-order valence-corrected chi connectivity index (χ4v) is 2.65. The van der Waals surface area contributed by atoms with E-state index in [9.17, 15) is 5.11 Å². The van der Waals surface area contributed by atoms with Gasteiger partial charge in [-0.25, -0.2) is 0 Å². The highest BCUT2D eigenvalue weighted by molar-refractivity contribution is 5.90. The van der Waals surface area contributed by atoms with E-state index < -0.39 is 0 Å². The number of hydrogen-bond acceptors (Lipinski definition) is 4. The molecule has 2 heterocycles. The van der Waals surface area contributed by atoms with E-state index >= 15 is 0 Å². The summed E-state index contributed by atoms with van der Waals surface area (Å²) in [5.41, 5.74) is 0.944. The van der Waals surface area contributed by atoms with Crippen molar-refractivity contribution in [3.8, 4) is 5.75 Å². The van der Waals surface area contributed by atoms with E-state index in [0.29, 0.717) is 0 Å². The van der Waals surface area contributed by atoms with Crippen LogP contribution in [-0.4, -0.2) is 46.4 Å². The first-order valence-corrected chi connectivity index (χ1v) is 6.96. The van der Waals surface area contributed by atoms with Crippen molar-refractivity contribution in [2.75, 3.05) is 31.5 Å². The van der Waals surface area contributed by atoms with Gasteiger partial charge in [0.2, 0.25) is 0 Å². The number of hydrogen-bond donors (Lipinski definition) is 3. The number of nitrogens with zero attached hydrogens (tertiary/aromatic N) is 2. The van der Waals surface area contributed by atoms with Gasteiger partial charge >= 0.3 is 0 Å². The van der Waals surface area contributed by atoms with Crippen molar-refractivity contribution in [1.82, 2.24) is 15.1 Å². The normalized spacial score (nSPS) is 16.2. The summed E-state index contributed by atoms with van der Waals surface area (Å²) >= 11 is 0. The lowest BCUT2D eigenvalue weighted by Crippen LogP contribution is -2.22. The number of anilines is 1. The highest BCUT2D eigenvalue weighted by Crippen LogP contribution is 2.24. The summed E-state index contributed by atoms with van der Waals surface area (Å²) in [6.45, 7) is 4.56. The van der Waals surface area contributed by atoms with E-state index in [1.165, 1.54) is 25.9 Å². The van der Waals surface area contributed by atoms with Crippen LogP contribution in [0.5, 0.6) is 5.75 Å². The van der Waals surface area contributed by atoms with Crippen LogP contribution in [0.2, 0.25) is 0 Å². The van der Waals surface area contributed by atoms with Crippen molar-refractivity contribution < 1.29 is 5.11 Å². The number of H-pyrrole nitrogens is 1. The van der Waals surface area contributed by atoms with Crippen LogP contribution in [0.3, 0.4) is 0 Å². The summed E-state index contributed by atoms with van der Waals surface area (Å²) < 4.78 is 0. The van der Waals surface area contributed by atoms with Crippen molar-refractivity contribution >= 4 is 16.7 Å². The second-order valence-electron chi connectivity index (χ2n) is 5.13. The molecule has 3 N–H and O–H groups in total. The molecular formula is C14H20N4O.